The van der Waals surface area contributed by atoms with Gasteiger partial charge in [0.1, 0.15) is 5.78 Å². The molecule has 1 saturated carbocycles. The normalized spacial score (nSPS) is 16.5. The molecule has 0 N–H and O–H groups in total. The second-order valence-corrected chi connectivity index (χ2v) is 5.30. The molecular weight excluding hydrogens is 272 g/mol. The molecule has 1 aliphatic carbocycles. The number of carbonyl (C=O) groups is 1. The van der Waals surface area contributed by atoms with E-state index in [1.54, 1.807) is 0 Å². The van der Waals surface area contributed by atoms with Crippen LogP contribution in [0.2, 0.25) is 0 Å². The van der Waals surface area contributed by atoms with Crippen molar-refractivity contribution in [2.24, 2.45) is 0 Å². The fourth-order valence-corrected chi connectivity index (χ4v) is 2.14. The summed E-state index contributed by atoms with van der Waals surface area (Å²) >= 11 is 0. The van der Waals surface area contributed by atoms with Gasteiger partial charge in [-0.1, -0.05) is 13.3 Å². The number of hydrogen-bond acceptors (Lipinski definition) is 5. The summed E-state index contributed by atoms with van der Waals surface area (Å²) in [6, 6.07) is 0. The van der Waals surface area contributed by atoms with Gasteiger partial charge in [0.15, 0.2) is 0 Å². The Morgan fingerprint density at radius 3 is 1.95 bits per heavy atom. The van der Waals surface area contributed by atoms with Gasteiger partial charge in [-0.3, -0.25) is 4.79 Å². The Morgan fingerprint density at radius 1 is 0.857 bits per heavy atom. The number of Topliss-reactive ketones (excluding diaryl/α,β-unsaturated/α-hetero) is 1. The highest BCUT2D eigenvalue weighted by molar-refractivity contribution is 5.79. The van der Waals surface area contributed by atoms with E-state index in [9.17, 15) is 4.79 Å². The molecule has 0 radical (unpaired) electrons. The number of hydrogen-bond donors (Lipinski definition) is 0. The molecule has 1 rings (SSSR count). The molecule has 0 aromatic heterocycles. The first-order valence-corrected chi connectivity index (χ1v) is 8.19. The third-order valence-corrected chi connectivity index (χ3v) is 3.46. The molecule has 0 saturated heterocycles. The van der Waals surface area contributed by atoms with E-state index in [4.69, 9.17) is 18.9 Å². The van der Waals surface area contributed by atoms with E-state index >= 15 is 0 Å². The molecule has 0 amide bonds. The molecule has 124 valence electrons. The van der Waals surface area contributed by atoms with Crippen molar-refractivity contribution in [3.63, 3.8) is 0 Å². The van der Waals surface area contributed by atoms with Crippen LogP contribution in [-0.2, 0) is 23.7 Å². The molecule has 5 heteroatoms. The van der Waals surface area contributed by atoms with Gasteiger partial charge in [0.25, 0.3) is 0 Å². The van der Waals surface area contributed by atoms with Crippen molar-refractivity contribution in [3.8, 4) is 0 Å². The maximum atomic E-state index is 11.1. The largest absolute Gasteiger partial charge is 0.379 e. The van der Waals surface area contributed by atoms with Crippen molar-refractivity contribution in [2.45, 2.75) is 51.6 Å². The van der Waals surface area contributed by atoms with Gasteiger partial charge in [-0.15, -0.1) is 0 Å². The van der Waals surface area contributed by atoms with Gasteiger partial charge in [0, 0.05) is 19.4 Å². The minimum atomic E-state index is 0.239. The summed E-state index contributed by atoms with van der Waals surface area (Å²) in [7, 11) is 0. The maximum absolute atomic E-state index is 11.1. The lowest BCUT2D eigenvalue weighted by molar-refractivity contribution is -0.123. The van der Waals surface area contributed by atoms with Crippen molar-refractivity contribution in [3.05, 3.63) is 0 Å². The van der Waals surface area contributed by atoms with Crippen LogP contribution in [-0.4, -0.2) is 58.1 Å². The number of unbranched alkanes of at least 4 members (excludes halogenated alkanes) is 1. The third kappa shape index (κ3) is 10.8. The van der Waals surface area contributed by atoms with Crippen LogP contribution in [0.1, 0.15) is 45.4 Å². The fourth-order valence-electron chi connectivity index (χ4n) is 2.14. The molecule has 0 heterocycles. The van der Waals surface area contributed by atoms with Gasteiger partial charge in [0.2, 0.25) is 0 Å². The Hall–Kier alpha value is -0.490. The zero-order valence-electron chi connectivity index (χ0n) is 13.3. The van der Waals surface area contributed by atoms with E-state index in [-0.39, 0.29) is 6.10 Å². The first kappa shape index (κ1) is 18.6. The molecule has 5 nitrogen and oxygen atoms in total. The molecule has 0 spiro atoms. The summed E-state index contributed by atoms with van der Waals surface area (Å²) < 4.78 is 21.9. The van der Waals surface area contributed by atoms with Crippen molar-refractivity contribution in [1.82, 2.24) is 0 Å². The third-order valence-electron chi connectivity index (χ3n) is 3.46. The van der Waals surface area contributed by atoms with Crippen molar-refractivity contribution >= 4 is 5.78 Å². The molecule has 1 aliphatic rings. The summed E-state index contributed by atoms with van der Waals surface area (Å²) in [5, 5.41) is 0. The summed E-state index contributed by atoms with van der Waals surface area (Å²) in [4.78, 5) is 11.1. The van der Waals surface area contributed by atoms with Crippen LogP contribution in [0.3, 0.4) is 0 Å². The average Bonchev–Trinajstić information content (AvgIpc) is 2.50. The van der Waals surface area contributed by atoms with Crippen LogP contribution >= 0.6 is 0 Å². The van der Waals surface area contributed by atoms with Gasteiger partial charge in [-0.05, 0) is 19.3 Å². The van der Waals surface area contributed by atoms with E-state index in [0.29, 0.717) is 58.3 Å². The van der Waals surface area contributed by atoms with Gasteiger partial charge in [-0.25, -0.2) is 0 Å². The zero-order valence-corrected chi connectivity index (χ0v) is 13.3. The predicted molar refractivity (Wildman–Crippen MR) is 80.6 cm³/mol. The Bertz CT molecular complexity index is 247. The van der Waals surface area contributed by atoms with Crippen LogP contribution < -0.4 is 0 Å². The van der Waals surface area contributed by atoms with Crippen LogP contribution in [0.15, 0.2) is 0 Å². The highest BCUT2D eigenvalue weighted by atomic mass is 16.6. The molecule has 1 fully saturated rings. The highest BCUT2D eigenvalue weighted by Gasteiger charge is 2.18. The lowest BCUT2D eigenvalue weighted by Gasteiger charge is -2.21. The monoisotopic (exact) mass is 302 g/mol. The Balaban J connectivity index is 1.74. The summed E-state index contributed by atoms with van der Waals surface area (Å²) in [6.07, 6.45) is 5.56. The Morgan fingerprint density at radius 2 is 1.38 bits per heavy atom. The Kier molecular flexibility index (Phi) is 11.7. The summed E-state index contributed by atoms with van der Waals surface area (Å²) in [5.41, 5.74) is 0. The van der Waals surface area contributed by atoms with E-state index in [1.165, 1.54) is 0 Å². The predicted octanol–water partition coefficient (Wildman–Crippen LogP) is 2.36. The van der Waals surface area contributed by atoms with E-state index in [0.717, 1.165) is 32.3 Å². The fraction of sp³-hybridized carbons (Fsp3) is 0.938. The Labute approximate surface area is 128 Å². The van der Waals surface area contributed by atoms with Crippen LogP contribution in [0, 0.1) is 0 Å². The molecule has 0 unspecified atom stereocenters. The van der Waals surface area contributed by atoms with Gasteiger partial charge < -0.3 is 18.9 Å². The molecule has 21 heavy (non-hydrogen) atoms. The van der Waals surface area contributed by atoms with Crippen LogP contribution in [0.4, 0.5) is 0 Å². The minimum absolute atomic E-state index is 0.239. The SMILES string of the molecule is CCCCOCCOCCOCCOC1CCC(=O)CC1. The van der Waals surface area contributed by atoms with Gasteiger partial charge in [0.05, 0.1) is 45.7 Å². The topological polar surface area (TPSA) is 54.0 Å². The zero-order chi connectivity index (χ0) is 15.2. The number of rotatable bonds is 13. The quantitative estimate of drug-likeness (QED) is 0.489. The molecule has 0 aromatic rings. The smallest absolute Gasteiger partial charge is 0.133 e. The van der Waals surface area contributed by atoms with E-state index in [1.807, 2.05) is 0 Å². The van der Waals surface area contributed by atoms with E-state index in [2.05, 4.69) is 6.92 Å². The van der Waals surface area contributed by atoms with Gasteiger partial charge in [-0.2, -0.15) is 0 Å². The average molecular weight is 302 g/mol. The maximum Gasteiger partial charge on any atom is 0.133 e. The molecule has 0 bridgehead atoms. The second-order valence-electron chi connectivity index (χ2n) is 5.30. The molecular formula is C16H30O5. The minimum Gasteiger partial charge on any atom is -0.379 e. The number of ether oxygens (including phenoxy) is 4. The first-order chi connectivity index (χ1) is 10.3. The van der Waals surface area contributed by atoms with Crippen molar-refractivity contribution in [2.75, 3.05) is 46.2 Å². The van der Waals surface area contributed by atoms with E-state index < -0.39 is 0 Å². The van der Waals surface area contributed by atoms with Gasteiger partial charge >= 0.3 is 0 Å². The van der Waals surface area contributed by atoms with Crippen molar-refractivity contribution < 1.29 is 23.7 Å². The van der Waals surface area contributed by atoms with Crippen LogP contribution in [0.5, 0.6) is 0 Å². The van der Waals surface area contributed by atoms with Crippen molar-refractivity contribution in [1.29, 1.82) is 0 Å². The lowest BCUT2D eigenvalue weighted by atomic mass is 9.97. The lowest BCUT2D eigenvalue weighted by Crippen LogP contribution is -2.23. The number of ketones is 1. The standard InChI is InChI=1S/C16H30O5/c1-2-3-8-18-9-10-19-11-12-20-13-14-21-16-6-4-15(17)5-7-16/h16H,2-14H2,1H3. The molecule has 0 aliphatic heterocycles. The summed E-state index contributed by atoms with van der Waals surface area (Å²) in [5.74, 6) is 0.363. The summed E-state index contributed by atoms with van der Waals surface area (Å²) in [6.45, 7) is 6.61. The first-order valence-electron chi connectivity index (χ1n) is 8.19. The second kappa shape index (κ2) is 13.2. The molecule has 0 aromatic carbocycles. The highest BCUT2D eigenvalue weighted by Crippen LogP contribution is 2.17. The number of carbonyl (C=O) groups excluding carboxylic acids is 1. The van der Waals surface area contributed by atoms with Crippen LogP contribution in [0.25, 0.3) is 0 Å². The molecule has 0 atom stereocenters.